The van der Waals surface area contributed by atoms with Crippen LogP contribution in [0.25, 0.3) is 32.9 Å². The van der Waals surface area contributed by atoms with E-state index in [1.165, 1.54) is 0 Å². The lowest BCUT2D eigenvalue weighted by molar-refractivity contribution is 0.0686. The first-order valence-electron chi connectivity index (χ1n) is 19.4. The summed E-state index contributed by atoms with van der Waals surface area (Å²) in [5.41, 5.74) is 11.5. The van der Waals surface area contributed by atoms with Crippen LogP contribution in [0.3, 0.4) is 0 Å². The zero-order valence-corrected chi connectivity index (χ0v) is 35.1. The molecular weight excluding hydrogens is 771 g/mol. The van der Waals surface area contributed by atoms with Crippen LogP contribution in [0.15, 0.2) is 67.1 Å². The average Bonchev–Trinajstić information content (AvgIpc) is 3.70. The van der Waals surface area contributed by atoms with Crippen LogP contribution >= 0.6 is 23.2 Å². The van der Waals surface area contributed by atoms with Crippen LogP contribution in [-0.4, -0.2) is 54.2 Å². The van der Waals surface area contributed by atoms with Gasteiger partial charge < -0.3 is 23.9 Å². The minimum Gasteiger partial charge on any atom is -0.494 e. The highest BCUT2D eigenvalue weighted by atomic mass is 35.5. The molecule has 1 aliphatic rings. The monoisotopic (exact) mass is 814 g/mol. The van der Waals surface area contributed by atoms with Gasteiger partial charge in [-0.05, 0) is 138 Å². The van der Waals surface area contributed by atoms with Crippen LogP contribution in [0.2, 0.25) is 10.0 Å². The van der Waals surface area contributed by atoms with Gasteiger partial charge in [-0.25, -0.2) is 14.8 Å². The molecule has 3 aromatic carbocycles. The molecule has 7 aromatic rings. The molecule has 0 saturated heterocycles. The third-order valence-corrected chi connectivity index (χ3v) is 12.1. The molecule has 1 amide bonds. The van der Waals surface area contributed by atoms with E-state index in [0.29, 0.717) is 47.9 Å². The molecule has 0 aliphatic carbocycles. The molecule has 0 spiro atoms. The lowest BCUT2D eigenvalue weighted by Crippen LogP contribution is -2.43. The number of nitrogens with zero attached hydrogens (tertiary/aromatic N) is 6. The van der Waals surface area contributed by atoms with E-state index in [2.05, 4.69) is 26.4 Å². The van der Waals surface area contributed by atoms with Crippen molar-refractivity contribution >= 4 is 62.6 Å². The highest BCUT2D eigenvalue weighted by Gasteiger charge is 2.38. The number of carbonyl (C=O) groups excluding carboxylic acids is 1. The molecule has 8 rings (SSSR count). The number of carbonyl (C=O) groups is 2. The van der Waals surface area contributed by atoms with Gasteiger partial charge in [0.2, 0.25) is 0 Å². The van der Waals surface area contributed by atoms with E-state index in [1.807, 2.05) is 95.0 Å². The van der Waals surface area contributed by atoms with Crippen molar-refractivity contribution in [3.8, 4) is 16.9 Å². The first-order valence-corrected chi connectivity index (χ1v) is 20.1. The number of carboxylic acid groups (broad SMARTS) is 1. The molecule has 12 heteroatoms. The predicted octanol–water partition coefficient (Wildman–Crippen LogP) is 10.6. The van der Waals surface area contributed by atoms with Crippen LogP contribution in [-0.2, 0) is 13.0 Å². The maximum absolute atomic E-state index is 15.5. The number of pyridine rings is 1. The molecular formula is C46H44Cl2N6O4. The first-order chi connectivity index (χ1) is 27.7. The third-order valence-electron chi connectivity index (χ3n) is 11.2. The van der Waals surface area contributed by atoms with E-state index in [9.17, 15) is 9.90 Å². The van der Waals surface area contributed by atoms with E-state index in [0.717, 1.165) is 83.1 Å². The number of anilines is 1. The van der Waals surface area contributed by atoms with Gasteiger partial charge >= 0.3 is 5.97 Å². The number of fused-ring (bicyclic) bond motifs is 4. The maximum atomic E-state index is 15.5. The Hall–Kier alpha value is -5.71. The molecule has 0 bridgehead atoms. The summed E-state index contributed by atoms with van der Waals surface area (Å²) in [4.78, 5) is 43.7. The number of hydrogen-bond acceptors (Lipinski definition) is 6. The third kappa shape index (κ3) is 6.78. The van der Waals surface area contributed by atoms with Crippen molar-refractivity contribution in [1.82, 2.24) is 24.1 Å². The van der Waals surface area contributed by atoms with Crippen molar-refractivity contribution in [2.45, 2.75) is 73.9 Å². The van der Waals surface area contributed by atoms with Crippen molar-refractivity contribution in [2.75, 3.05) is 18.1 Å². The Bertz CT molecular complexity index is 2780. The summed E-state index contributed by atoms with van der Waals surface area (Å²) in [5, 5.41) is 13.4. The minimum absolute atomic E-state index is 0.124. The van der Waals surface area contributed by atoms with Gasteiger partial charge in [-0.15, -0.1) is 0 Å². The molecule has 0 radical (unpaired) electrons. The highest BCUT2D eigenvalue weighted by molar-refractivity contribution is 6.35. The van der Waals surface area contributed by atoms with E-state index in [1.54, 1.807) is 23.2 Å². The second kappa shape index (κ2) is 15.2. The molecule has 1 N–H and O–H groups in total. The Kier molecular flexibility index (Phi) is 10.3. The SMILES string of the molecule is Cc1ccnc(Cn2c(C(=O)O)cc3cc(C)cc(N4C[C@@H](C)n5c(c(CCCOc6cc(C)c(Cl)c(C)c6)c6ccc(Cl)c(-c7c(C)ncnc7C)c65)C4=O)c32)c1. The molecule has 0 saturated carbocycles. The Morgan fingerprint density at radius 3 is 2.29 bits per heavy atom. The standard InChI is InChI=1S/C46H44Cl2N6O4/c1-24-12-13-49-32(16-24)22-52-38(46(56)57)20-31-15-25(2)17-37(42(31)52)53-21-28(5)54-43-35(10-11-36(47)40(43)39-29(6)50-23-51-30(39)7)34(44(54)45(53)55)9-8-14-58-33-18-26(3)41(48)27(4)19-33/h10-13,15-20,23,28H,8-9,14,21-22H2,1-7H3,(H,56,57)/t28-/m1/s1. The summed E-state index contributed by atoms with van der Waals surface area (Å²) in [6, 6.07) is 17.1. The molecule has 4 aromatic heterocycles. The number of rotatable bonds is 10. The van der Waals surface area contributed by atoms with Crippen molar-refractivity contribution in [1.29, 1.82) is 0 Å². The molecule has 0 unspecified atom stereocenters. The average molecular weight is 816 g/mol. The molecule has 0 fully saturated rings. The topological polar surface area (TPSA) is 115 Å². The van der Waals surface area contributed by atoms with Crippen LogP contribution in [0.5, 0.6) is 5.75 Å². The second-order valence-corrected chi connectivity index (χ2v) is 16.3. The van der Waals surface area contributed by atoms with E-state index < -0.39 is 5.97 Å². The largest absolute Gasteiger partial charge is 0.494 e. The summed E-state index contributed by atoms with van der Waals surface area (Å²) in [5.74, 6) is -0.491. The molecule has 58 heavy (non-hydrogen) atoms. The Morgan fingerprint density at radius 2 is 1.60 bits per heavy atom. The second-order valence-electron chi connectivity index (χ2n) is 15.5. The number of ether oxygens (including phenoxy) is 1. The minimum atomic E-state index is -1.06. The van der Waals surface area contributed by atoms with Crippen LogP contribution in [0, 0.1) is 41.5 Å². The van der Waals surface area contributed by atoms with Gasteiger partial charge in [0.15, 0.2) is 0 Å². The summed E-state index contributed by atoms with van der Waals surface area (Å²) in [7, 11) is 0. The molecule has 10 nitrogen and oxygen atoms in total. The smallest absolute Gasteiger partial charge is 0.352 e. The fraction of sp³-hybridized carbons (Fsp3) is 0.283. The van der Waals surface area contributed by atoms with Crippen LogP contribution < -0.4 is 9.64 Å². The summed E-state index contributed by atoms with van der Waals surface area (Å²) < 4.78 is 10.2. The fourth-order valence-corrected chi connectivity index (χ4v) is 9.04. The van der Waals surface area contributed by atoms with Crippen molar-refractivity contribution in [3.63, 3.8) is 0 Å². The summed E-state index contributed by atoms with van der Waals surface area (Å²) in [6.45, 7) is 14.8. The number of aromatic nitrogens is 5. The molecule has 296 valence electrons. The Morgan fingerprint density at radius 1 is 0.879 bits per heavy atom. The van der Waals surface area contributed by atoms with Gasteiger partial charge in [0, 0.05) is 57.1 Å². The van der Waals surface area contributed by atoms with Crippen molar-refractivity contribution < 1.29 is 19.4 Å². The number of amides is 1. The molecule has 1 atom stereocenters. The normalized spacial score (nSPS) is 14.1. The van der Waals surface area contributed by atoms with Crippen molar-refractivity contribution in [2.24, 2.45) is 0 Å². The van der Waals surface area contributed by atoms with Gasteiger partial charge in [0.25, 0.3) is 5.91 Å². The Balaban J connectivity index is 1.30. The van der Waals surface area contributed by atoms with E-state index in [-0.39, 0.29) is 24.2 Å². The number of benzene rings is 3. The van der Waals surface area contributed by atoms with Gasteiger partial charge in [0.05, 0.1) is 40.6 Å². The lowest BCUT2D eigenvalue weighted by atomic mass is 9.97. The number of aromatic carboxylic acids is 1. The summed E-state index contributed by atoms with van der Waals surface area (Å²) >= 11 is 13.6. The van der Waals surface area contributed by atoms with E-state index >= 15 is 4.79 Å². The first kappa shape index (κ1) is 39.1. The van der Waals surface area contributed by atoms with Crippen LogP contribution in [0.1, 0.15) is 85.3 Å². The number of halogens is 2. The zero-order chi connectivity index (χ0) is 41.2. The Labute approximate surface area is 347 Å². The van der Waals surface area contributed by atoms with Gasteiger partial charge in [0.1, 0.15) is 23.5 Å². The number of aryl methyl sites for hydroxylation is 7. The van der Waals surface area contributed by atoms with Crippen molar-refractivity contribution in [3.05, 3.63) is 133 Å². The van der Waals surface area contributed by atoms with Gasteiger partial charge in [-0.1, -0.05) is 29.3 Å². The van der Waals surface area contributed by atoms with E-state index in [4.69, 9.17) is 27.9 Å². The number of carboxylic acids is 1. The predicted molar refractivity (Wildman–Crippen MR) is 230 cm³/mol. The number of hydrogen-bond donors (Lipinski definition) is 1. The highest BCUT2D eigenvalue weighted by Crippen LogP contribution is 2.45. The maximum Gasteiger partial charge on any atom is 0.352 e. The quantitative estimate of drug-likeness (QED) is 0.137. The molecule has 1 aliphatic heterocycles. The molecule has 5 heterocycles. The van der Waals surface area contributed by atoms with Crippen LogP contribution in [0.4, 0.5) is 5.69 Å². The summed E-state index contributed by atoms with van der Waals surface area (Å²) in [6.07, 6.45) is 4.45. The van der Waals surface area contributed by atoms with Gasteiger partial charge in [-0.2, -0.15) is 0 Å². The van der Waals surface area contributed by atoms with Gasteiger partial charge in [-0.3, -0.25) is 9.78 Å². The fourth-order valence-electron chi connectivity index (χ4n) is 8.69. The lowest BCUT2D eigenvalue weighted by Gasteiger charge is -2.35. The zero-order valence-electron chi connectivity index (χ0n) is 33.6.